The highest BCUT2D eigenvalue weighted by Crippen LogP contribution is 2.32. The lowest BCUT2D eigenvalue weighted by molar-refractivity contribution is -0.127. The molecule has 1 aliphatic heterocycles. The second kappa shape index (κ2) is 14.9. The van der Waals surface area contributed by atoms with E-state index in [1.807, 2.05) is 36.1 Å². The van der Waals surface area contributed by atoms with Gasteiger partial charge in [0.05, 0.1) is 5.69 Å². The van der Waals surface area contributed by atoms with Crippen molar-refractivity contribution in [1.82, 2.24) is 4.90 Å². The molecule has 6 heteroatoms. The van der Waals surface area contributed by atoms with Crippen LogP contribution in [0.5, 0.6) is 5.75 Å². The lowest BCUT2D eigenvalue weighted by atomic mass is 9.91. The summed E-state index contributed by atoms with van der Waals surface area (Å²) in [5.41, 5.74) is 11.3. The molecule has 1 saturated heterocycles. The van der Waals surface area contributed by atoms with Crippen molar-refractivity contribution in [2.24, 2.45) is 5.92 Å². The van der Waals surface area contributed by atoms with Gasteiger partial charge in [0.1, 0.15) is 18.2 Å². The molecule has 2 N–H and O–H groups in total. The Morgan fingerprint density at radius 3 is 2.56 bits per heavy atom. The number of unbranched alkanes of at least 4 members (excludes halogenated alkanes) is 1. The van der Waals surface area contributed by atoms with Gasteiger partial charge in [0.25, 0.3) is 0 Å². The molecule has 1 fully saturated rings. The molecular weight excluding hydrogens is 511 g/mol. The van der Waals surface area contributed by atoms with Crippen LogP contribution >= 0.6 is 11.6 Å². The molecule has 3 rings (SSSR count). The van der Waals surface area contributed by atoms with Crippen molar-refractivity contribution in [1.29, 1.82) is 0 Å². The van der Waals surface area contributed by atoms with Crippen molar-refractivity contribution in [2.75, 3.05) is 18.8 Å². The van der Waals surface area contributed by atoms with Crippen molar-refractivity contribution in [3.63, 3.8) is 0 Å². The number of carbonyl (C=O) groups excluding carboxylic acids is 1. The fraction of sp³-hybridized carbons (Fsp3) is 0.424. The number of halogens is 2. The normalized spacial score (nSPS) is 14.6. The Hall–Kier alpha value is -3.05. The van der Waals surface area contributed by atoms with Crippen LogP contribution in [0.1, 0.15) is 76.5 Å². The van der Waals surface area contributed by atoms with Gasteiger partial charge in [-0.05, 0) is 98.9 Å². The summed E-state index contributed by atoms with van der Waals surface area (Å²) in [6.07, 6.45) is 13.6. The molecule has 2 aromatic rings. The maximum absolute atomic E-state index is 14.3. The lowest BCUT2D eigenvalue weighted by Crippen LogP contribution is -2.37. The highest BCUT2D eigenvalue weighted by molar-refractivity contribution is 6.31. The molecule has 4 nitrogen and oxygen atoms in total. The first-order valence-electron chi connectivity index (χ1n) is 14.0. The van der Waals surface area contributed by atoms with Crippen molar-refractivity contribution in [3.8, 4) is 5.75 Å². The summed E-state index contributed by atoms with van der Waals surface area (Å²) in [6, 6.07) is 8.75. The third-order valence-electron chi connectivity index (χ3n) is 7.15. The van der Waals surface area contributed by atoms with Crippen molar-refractivity contribution in [2.45, 2.75) is 72.8 Å². The average Bonchev–Trinajstić information content (AvgIpc) is 2.92. The van der Waals surface area contributed by atoms with E-state index in [0.29, 0.717) is 39.9 Å². The van der Waals surface area contributed by atoms with E-state index in [-0.39, 0.29) is 18.3 Å². The van der Waals surface area contributed by atoms with Gasteiger partial charge < -0.3 is 15.4 Å². The molecule has 0 aromatic heterocycles. The summed E-state index contributed by atoms with van der Waals surface area (Å²) in [5.74, 6) is 0.925. The SMILES string of the molecule is CCCC=CC(=O)N1CCC(CC=C(C=C(C)C)c2ccc(N)c(OCc3c(Cl)ccc(F)c3CC)c2)CC1. The number of hydrogen-bond donors (Lipinski definition) is 1. The maximum atomic E-state index is 14.3. The summed E-state index contributed by atoms with van der Waals surface area (Å²) < 4.78 is 20.4. The Balaban J connectivity index is 1.72. The number of piperidine rings is 1. The number of hydrogen-bond acceptors (Lipinski definition) is 3. The number of allylic oxidation sites excluding steroid dienone is 5. The van der Waals surface area contributed by atoms with Crippen LogP contribution in [0.4, 0.5) is 10.1 Å². The van der Waals surface area contributed by atoms with Gasteiger partial charge in [-0.1, -0.05) is 61.7 Å². The highest BCUT2D eigenvalue weighted by Gasteiger charge is 2.21. The van der Waals surface area contributed by atoms with Crippen LogP contribution in [-0.2, 0) is 17.8 Å². The molecule has 0 radical (unpaired) electrons. The zero-order valence-corrected chi connectivity index (χ0v) is 24.5. The molecule has 1 aliphatic rings. The Morgan fingerprint density at radius 1 is 1.15 bits per heavy atom. The van der Waals surface area contributed by atoms with Crippen LogP contribution in [-0.4, -0.2) is 23.9 Å². The standard InChI is InChI=1S/C33H42ClFN2O2/c1-5-7-8-9-33(38)37-18-16-24(17-19-37)10-11-25(20-23(3)4)26-12-15-31(36)32(21-26)39-22-28-27(6-2)30(35)14-13-29(28)34/h8-9,11-15,20-21,24H,5-7,10,16-19,22,36H2,1-4H3. The molecule has 0 unspecified atom stereocenters. The van der Waals surface area contributed by atoms with Crippen LogP contribution in [0.25, 0.3) is 5.57 Å². The zero-order chi connectivity index (χ0) is 28.4. The quantitative estimate of drug-likeness (QED) is 0.173. The third-order valence-corrected chi connectivity index (χ3v) is 7.50. The van der Waals surface area contributed by atoms with Crippen molar-refractivity contribution in [3.05, 3.63) is 87.7 Å². The van der Waals surface area contributed by atoms with Gasteiger partial charge in [-0.3, -0.25) is 4.79 Å². The van der Waals surface area contributed by atoms with Gasteiger partial charge in [-0.15, -0.1) is 0 Å². The number of nitrogen functional groups attached to an aromatic ring is 1. The van der Waals surface area contributed by atoms with E-state index in [9.17, 15) is 9.18 Å². The van der Waals surface area contributed by atoms with Gasteiger partial charge >= 0.3 is 0 Å². The predicted octanol–water partition coefficient (Wildman–Crippen LogP) is 8.54. The minimum atomic E-state index is -0.279. The molecule has 39 heavy (non-hydrogen) atoms. The Morgan fingerprint density at radius 2 is 1.90 bits per heavy atom. The number of benzene rings is 2. The number of amides is 1. The number of likely N-dealkylation sites (tertiary alicyclic amines) is 1. The fourth-order valence-corrected chi connectivity index (χ4v) is 5.10. The number of carbonyl (C=O) groups is 1. The second-order valence-electron chi connectivity index (χ2n) is 10.5. The highest BCUT2D eigenvalue weighted by atomic mass is 35.5. The Labute approximate surface area is 238 Å². The molecule has 0 saturated carbocycles. The fourth-order valence-electron chi connectivity index (χ4n) is 4.87. The molecule has 0 aliphatic carbocycles. The number of anilines is 1. The maximum Gasteiger partial charge on any atom is 0.246 e. The third kappa shape index (κ3) is 8.72. The van der Waals surface area contributed by atoms with Crippen molar-refractivity contribution < 1.29 is 13.9 Å². The minimum Gasteiger partial charge on any atom is -0.487 e. The largest absolute Gasteiger partial charge is 0.487 e. The van der Waals surface area contributed by atoms with Crippen LogP contribution in [0.2, 0.25) is 5.02 Å². The van der Waals surface area contributed by atoms with Gasteiger partial charge in [0, 0.05) is 23.7 Å². The van der Waals surface area contributed by atoms with E-state index in [0.717, 1.165) is 56.3 Å². The molecule has 0 bridgehead atoms. The van der Waals surface area contributed by atoms with Crippen LogP contribution in [0.3, 0.4) is 0 Å². The average molecular weight is 553 g/mol. The van der Waals surface area contributed by atoms with E-state index in [1.165, 1.54) is 11.6 Å². The van der Waals surface area contributed by atoms with Gasteiger partial charge in [0.15, 0.2) is 0 Å². The van der Waals surface area contributed by atoms with E-state index in [2.05, 4.69) is 32.9 Å². The van der Waals surface area contributed by atoms with Crippen LogP contribution in [0, 0.1) is 11.7 Å². The van der Waals surface area contributed by atoms with Crippen LogP contribution in [0.15, 0.2) is 60.2 Å². The monoisotopic (exact) mass is 552 g/mol. The summed E-state index contributed by atoms with van der Waals surface area (Å²) in [6.45, 7) is 9.91. The zero-order valence-electron chi connectivity index (χ0n) is 23.7. The van der Waals surface area contributed by atoms with E-state index in [4.69, 9.17) is 22.1 Å². The van der Waals surface area contributed by atoms with Crippen LogP contribution < -0.4 is 10.5 Å². The summed E-state index contributed by atoms with van der Waals surface area (Å²) in [5, 5.41) is 0.484. The van der Waals surface area contributed by atoms with E-state index < -0.39 is 0 Å². The van der Waals surface area contributed by atoms with Gasteiger partial charge in [-0.25, -0.2) is 4.39 Å². The molecule has 1 heterocycles. The number of ether oxygens (including phenoxy) is 1. The first-order valence-corrected chi connectivity index (χ1v) is 14.4. The molecule has 210 valence electrons. The number of nitrogens with zero attached hydrogens (tertiary/aromatic N) is 1. The first kappa shape index (κ1) is 30.5. The lowest BCUT2D eigenvalue weighted by Gasteiger charge is -2.31. The van der Waals surface area contributed by atoms with Crippen molar-refractivity contribution >= 4 is 28.8 Å². The number of rotatable bonds is 11. The molecule has 2 aromatic carbocycles. The molecule has 1 amide bonds. The Kier molecular flexibility index (Phi) is 11.7. The Bertz CT molecular complexity index is 1220. The predicted molar refractivity (Wildman–Crippen MR) is 161 cm³/mol. The number of nitrogens with two attached hydrogens (primary N) is 1. The molecular formula is C33H42ClFN2O2. The second-order valence-corrected chi connectivity index (χ2v) is 10.9. The molecule has 0 atom stereocenters. The minimum absolute atomic E-state index is 0.127. The smallest absolute Gasteiger partial charge is 0.246 e. The van der Waals surface area contributed by atoms with E-state index >= 15 is 0 Å². The topological polar surface area (TPSA) is 55.6 Å². The van der Waals surface area contributed by atoms with Gasteiger partial charge in [0.2, 0.25) is 5.91 Å². The first-order chi connectivity index (χ1) is 18.7. The summed E-state index contributed by atoms with van der Waals surface area (Å²) in [7, 11) is 0. The summed E-state index contributed by atoms with van der Waals surface area (Å²) >= 11 is 6.38. The summed E-state index contributed by atoms with van der Waals surface area (Å²) in [4.78, 5) is 14.4. The van der Waals surface area contributed by atoms with E-state index in [1.54, 1.807) is 12.1 Å². The van der Waals surface area contributed by atoms with Gasteiger partial charge in [-0.2, -0.15) is 0 Å². The molecule has 0 spiro atoms.